The first-order chi connectivity index (χ1) is 10.5. The topological polar surface area (TPSA) is 33.5 Å². The number of nitrogens with zero attached hydrogens (tertiary/aromatic N) is 4. The van der Waals surface area contributed by atoms with E-state index in [2.05, 4.69) is 34.9 Å². The molecular weight excluding hydrogens is 276 g/mol. The number of aromatic nitrogens is 2. The quantitative estimate of drug-likeness (QED) is 0.844. The third-order valence-electron chi connectivity index (χ3n) is 5.69. The highest BCUT2D eigenvalue weighted by Gasteiger charge is 2.46. The molecule has 5 nitrogen and oxygen atoms in total. The maximum Gasteiger partial charge on any atom is 0.0597 e. The maximum atomic E-state index is 5.49. The highest BCUT2D eigenvalue weighted by molar-refractivity contribution is 5.09. The number of aryl methyl sites for hydroxylation is 2. The van der Waals surface area contributed by atoms with Gasteiger partial charge in [0.1, 0.15) is 0 Å². The first-order valence-corrected chi connectivity index (χ1v) is 8.42. The second-order valence-electron chi connectivity index (χ2n) is 7.39. The molecule has 0 amide bonds. The SMILES string of the molecule is COCC1CN(C)CC12CCN(Cc1cc(C)nn1C)CC2. The van der Waals surface area contributed by atoms with Gasteiger partial charge in [0.15, 0.2) is 0 Å². The number of ether oxygens (including phenoxy) is 1. The van der Waals surface area contributed by atoms with Gasteiger partial charge in [-0.3, -0.25) is 9.58 Å². The molecule has 0 saturated carbocycles. The standard InChI is InChI=1S/C17H30N4O/c1-14-9-16(20(3)18-14)11-21-7-5-17(6-8-21)13-19(2)10-15(17)12-22-4/h9,15H,5-8,10-13H2,1-4H3. The van der Waals surface area contributed by atoms with Crippen molar-refractivity contribution in [3.05, 3.63) is 17.5 Å². The van der Waals surface area contributed by atoms with Gasteiger partial charge >= 0.3 is 0 Å². The fraction of sp³-hybridized carbons (Fsp3) is 0.824. The van der Waals surface area contributed by atoms with Gasteiger partial charge in [-0.2, -0.15) is 5.10 Å². The Morgan fingerprint density at radius 2 is 2.05 bits per heavy atom. The molecule has 0 aromatic carbocycles. The smallest absolute Gasteiger partial charge is 0.0597 e. The van der Waals surface area contributed by atoms with Crippen LogP contribution in [0.4, 0.5) is 0 Å². The molecule has 2 aliphatic rings. The molecule has 0 aliphatic carbocycles. The fourth-order valence-corrected chi connectivity index (χ4v) is 4.50. The number of likely N-dealkylation sites (tertiary alicyclic amines) is 2. The Hall–Kier alpha value is -0.910. The van der Waals surface area contributed by atoms with Gasteiger partial charge in [-0.05, 0) is 51.4 Å². The number of rotatable bonds is 4. The van der Waals surface area contributed by atoms with Crippen LogP contribution in [0.25, 0.3) is 0 Å². The summed E-state index contributed by atoms with van der Waals surface area (Å²) < 4.78 is 7.52. The van der Waals surface area contributed by atoms with Crippen LogP contribution in [0.1, 0.15) is 24.2 Å². The van der Waals surface area contributed by atoms with Crippen LogP contribution in [0.15, 0.2) is 6.07 Å². The van der Waals surface area contributed by atoms with Gasteiger partial charge in [-0.1, -0.05) is 0 Å². The van der Waals surface area contributed by atoms with E-state index in [1.165, 1.54) is 44.7 Å². The van der Waals surface area contributed by atoms with Crippen molar-refractivity contribution in [1.82, 2.24) is 19.6 Å². The molecular formula is C17H30N4O. The zero-order valence-electron chi connectivity index (χ0n) is 14.5. The predicted molar refractivity (Wildman–Crippen MR) is 87.8 cm³/mol. The van der Waals surface area contributed by atoms with Crippen LogP contribution in [0.2, 0.25) is 0 Å². The van der Waals surface area contributed by atoms with E-state index in [1.807, 2.05) is 18.8 Å². The van der Waals surface area contributed by atoms with E-state index in [4.69, 9.17) is 4.74 Å². The molecule has 3 rings (SSSR count). The summed E-state index contributed by atoms with van der Waals surface area (Å²) >= 11 is 0. The minimum Gasteiger partial charge on any atom is -0.384 e. The largest absolute Gasteiger partial charge is 0.384 e. The maximum absolute atomic E-state index is 5.49. The van der Waals surface area contributed by atoms with Crippen LogP contribution in [-0.2, 0) is 18.3 Å². The highest BCUT2D eigenvalue weighted by atomic mass is 16.5. The lowest BCUT2D eigenvalue weighted by Gasteiger charge is -2.42. The number of hydrogen-bond acceptors (Lipinski definition) is 4. The molecule has 5 heteroatoms. The average Bonchev–Trinajstić information content (AvgIpc) is 2.93. The third-order valence-corrected chi connectivity index (χ3v) is 5.69. The molecule has 1 spiro atoms. The van der Waals surface area contributed by atoms with Crippen LogP contribution >= 0.6 is 0 Å². The van der Waals surface area contributed by atoms with Crippen molar-refractivity contribution in [3.63, 3.8) is 0 Å². The summed E-state index contributed by atoms with van der Waals surface area (Å²) in [4.78, 5) is 5.08. The van der Waals surface area contributed by atoms with Crippen molar-refractivity contribution in [1.29, 1.82) is 0 Å². The van der Waals surface area contributed by atoms with Crippen LogP contribution in [0.5, 0.6) is 0 Å². The molecule has 124 valence electrons. The Balaban J connectivity index is 1.61. The van der Waals surface area contributed by atoms with Gasteiger partial charge in [0, 0.05) is 39.7 Å². The van der Waals surface area contributed by atoms with Gasteiger partial charge < -0.3 is 9.64 Å². The van der Waals surface area contributed by atoms with Gasteiger partial charge in [0.2, 0.25) is 0 Å². The molecule has 1 aromatic heterocycles. The molecule has 0 N–H and O–H groups in total. The predicted octanol–water partition coefficient (Wildman–Crippen LogP) is 1.52. The van der Waals surface area contributed by atoms with Crippen molar-refractivity contribution in [2.75, 3.05) is 46.9 Å². The summed E-state index contributed by atoms with van der Waals surface area (Å²) in [6, 6.07) is 2.21. The van der Waals surface area contributed by atoms with Gasteiger partial charge in [0.25, 0.3) is 0 Å². The summed E-state index contributed by atoms with van der Waals surface area (Å²) in [5.41, 5.74) is 2.91. The summed E-state index contributed by atoms with van der Waals surface area (Å²) in [5, 5.41) is 4.46. The third kappa shape index (κ3) is 3.07. The number of piperidine rings is 1. The van der Waals surface area contributed by atoms with E-state index in [0.717, 1.165) is 18.8 Å². The van der Waals surface area contributed by atoms with E-state index in [0.29, 0.717) is 11.3 Å². The van der Waals surface area contributed by atoms with E-state index < -0.39 is 0 Å². The van der Waals surface area contributed by atoms with E-state index in [1.54, 1.807) is 0 Å². The van der Waals surface area contributed by atoms with E-state index >= 15 is 0 Å². The number of hydrogen-bond donors (Lipinski definition) is 0. The van der Waals surface area contributed by atoms with Crippen LogP contribution in [0.3, 0.4) is 0 Å². The second-order valence-corrected chi connectivity index (χ2v) is 7.39. The Labute approximate surface area is 134 Å². The van der Waals surface area contributed by atoms with Gasteiger partial charge in [-0.15, -0.1) is 0 Å². The van der Waals surface area contributed by atoms with Crippen molar-refractivity contribution in [2.45, 2.75) is 26.3 Å². The normalized spacial score (nSPS) is 26.1. The lowest BCUT2D eigenvalue weighted by Crippen LogP contribution is -2.45. The fourth-order valence-electron chi connectivity index (χ4n) is 4.50. The first-order valence-electron chi connectivity index (χ1n) is 8.42. The molecule has 2 aliphatic heterocycles. The Morgan fingerprint density at radius 1 is 1.32 bits per heavy atom. The molecule has 22 heavy (non-hydrogen) atoms. The molecule has 1 aromatic rings. The zero-order valence-corrected chi connectivity index (χ0v) is 14.5. The molecule has 2 saturated heterocycles. The molecule has 2 fully saturated rings. The summed E-state index contributed by atoms with van der Waals surface area (Å²) in [7, 11) is 6.14. The highest BCUT2D eigenvalue weighted by Crippen LogP contribution is 2.44. The van der Waals surface area contributed by atoms with Crippen molar-refractivity contribution >= 4 is 0 Å². The van der Waals surface area contributed by atoms with E-state index in [9.17, 15) is 0 Å². The Morgan fingerprint density at radius 3 is 2.64 bits per heavy atom. The van der Waals surface area contributed by atoms with E-state index in [-0.39, 0.29) is 0 Å². The number of methoxy groups -OCH3 is 1. The Kier molecular flexibility index (Phi) is 4.57. The van der Waals surface area contributed by atoms with Crippen molar-refractivity contribution < 1.29 is 4.74 Å². The first kappa shape index (κ1) is 16.0. The second kappa shape index (κ2) is 6.30. The summed E-state index contributed by atoms with van der Waals surface area (Å²) in [5.74, 6) is 0.698. The molecule has 1 atom stereocenters. The lowest BCUT2D eigenvalue weighted by molar-refractivity contribution is 0.0347. The van der Waals surface area contributed by atoms with Crippen molar-refractivity contribution in [2.24, 2.45) is 18.4 Å². The van der Waals surface area contributed by atoms with Crippen molar-refractivity contribution in [3.8, 4) is 0 Å². The zero-order chi connectivity index (χ0) is 15.7. The van der Waals surface area contributed by atoms with Gasteiger partial charge in [0.05, 0.1) is 18.0 Å². The monoisotopic (exact) mass is 306 g/mol. The summed E-state index contributed by atoms with van der Waals surface area (Å²) in [6.45, 7) is 8.81. The molecule has 0 radical (unpaired) electrons. The van der Waals surface area contributed by atoms with Crippen LogP contribution in [-0.4, -0.2) is 66.5 Å². The molecule has 0 bridgehead atoms. The molecule has 3 heterocycles. The van der Waals surface area contributed by atoms with Crippen LogP contribution < -0.4 is 0 Å². The van der Waals surface area contributed by atoms with Gasteiger partial charge in [-0.25, -0.2) is 0 Å². The Bertz CT molecular complexity index is 505. The summed E-state index contributed by atoms with van der Waals surface area (Å²) in [6.07, 6.45) is 2.59. The average molecular weight is 306 g/mol. The molecule has 1 unspecified atom stereocenters. The minimum absolute atomic E-state index is 0.476. The minimum atomic E-state index is 0.476. The lowest BCUT2D eigenvalue weighted by atomic mass is 9.71. The van der Waals surface area contributed by atoms with Crippen LogP contribution in [0, 0.1) is 18.3 Å².